The molecule has 0 saturated carbocycles. The highest BCUT2D eigenvalue weighted by molar-refractivity contribution is 5.85. The number of rotatable bonds is 5. The number of benzene rings is 1. The van der Waals surface area contributed by atoms with E-state index in [2.05, 4.69) is 47.7 Å². The Hall–Kier alpha value is -4.62. The topological polar surface area (TPSA) is 140 Å². The highest BCUT2D eigenvalue weighted by Gasteiger charge is 2.34. The minimum absolute atomic E-state index is 0.0355. The van der Waals surface area contributed by atoms with E-state index in [0.29, 0.717) is 24.6 Å². The molecule has 0 bridgehead atoms. The number of nitrogens with zero attached hydrogens (tertiary/aromatic N) is 7. The van der Waals surface area contributed by atoms with Gasteiger partial charge in [-0.25, -0.2) is 14.2 Å². The molecule has 1 aliphatic heterocycles. The van der Waals surface area contributed by atoms with Gasteiger partial charge in [-0.3, -0.25) is 4.98 Å². The molecule has 0 radical (unpaired) electrons. The van der Waals surface area contributed by atoms with Gasteiger partial charge in [0.25, 0.3) is 0 Å². The number of likely N-dealkylation sites (N-methyl/N-ethyl adjacent to an activating group) is 1. The summed E-state index contributed by atoms with van der Waals surface area (Å²) in [5.74, 6) is 0.0910. The predicted molar refractivity (Wildman–Crippen MR) is 159 cm³/mol. The summed E-state index contributed by atoms with van der Waals surface area (Å²) < 4.78 is 15.7. The highest BCUT2D eigenvalue weighted by Crippen LogP contribution is 2.31. The van der Waals surface area contributed by atoms with Crippen LogP contribution in [0.1, 0.15) is 30.2 Å². The average molecular weight is 585 g/mol. The second kappa shape index (κ2) is 10.6. The zero-order chi connectivity index (χ0) is 29.7. The van der Waals surface area contributed by atoms with Crippen molar-refractivity contribution in [1.29, 1.82) is 0 Å². The number of amides is 2. The third-order valence-corrected chi connectivity index (χ3v) is 8.42. The first kappa shape index (κ1) is 27.2. The molecule has 1 saturated heterocycles. The van der Waals surface area contributed by atoms with Gasteiger partial charge in [-0.15, -0.1) is 0 Å². The van der Waals surface area contributed by atoms with Crippen LogP contribution in [0.5, 0.6) is 0 Å². The molecule has 12 nitrogen and oxygen atoms in total. The molecule has 5 aromatic rings. The quantitative estimate of drug-likeness (QED) is 0.231. The van der Waals surface area contributed by atoms with E-state index in [0.717, 1.165) is 44.1 Å². The van der Waals surface area contributed by atoms with Crippen LogP contribution in [0.2, 0.25) is 0 Å². The van der Waals surface area contributed by atoms with Crippen molar-refractivity contribution in [3.63, 3.8) is 0 Å². The standard InChI is InChI=1S/C30H33FN10O2/c1-30(43,38-29(42)40-11-9-39(2)10-12-40)23-17-33-41-27(23)36-26(18-13-19(31)16-32-15-18)37-28(41)34-20-7-8-25-22(14-20)21-5-3-4-6-24(21)35-25/h3-6,13,15-17,20,35,43H,7-12,14H2,1-2H3,(H,38,42)(H,34,36,37)/t20-,30+/m1/s1. The number of aliphatic hydroxyl groups is 1. The largest absolute Gasteiger partial charge is 0.367 e. The number of nitrogens with one attached hydrogen (secondary N) is 3. The summed E-state index contributed by atoms with van der Waals surface area (Å²) in [5, 5.41) is 23.6. The number of aryl methyl sites for hydroxylation is 1. The maximum absolute atomic E-state index is 14.2. The molecule has 2 aliphatic rings. The van der Waals surface area contributed by atoms with E-state index < -0.39 is 11.5 Å². The first-order chi connectivity index (χ1) is 20.7. The molecule has 13 heteroatoms. The Labute approximate surface area is 247 Å². The van der Waals surface area contributed by atoms with Gasteiger partial charge < -0.3 is 30.5 Å². The van der Waals surface area contributed by atoms with Crippen LogP contribution in [-0.4, -0.2) is 89.8 Å². The average Bonchev–Trinajstić information content (AvgIpc) is 3.60. The number of H-pyrrole nitrogens is 1. The monoisotopic (exact) mass is 584 g/mol. The number of urea groups is 1. The fourth-order valence-corrected chi connectivity index (χ4v) is 6.02. The van der Waals surface area contributed by atoms with Crippen molar-refractivity contribution in [2.24, 2.45) is 0 Å². The summed E-state index contributed by atoms with van der Waals surface area (Å²) in [7, 11) is 2.01. The second-order valence-electron chi connectivity index (χ2n) is 11.6. The zero-order valence-electron chi connectivity index (χ0n) is 24.0. The van der Waals surface area contributed by atoms with E-state index >= 15 is 0 Å². The lowest BCUT2D eigenvalue weighted by molar-refractivity contribution is 0.0246. The number of carbonyl (C=O) groups is 1. The smallest absolute Gasteiger partial charge is 0.319 e. The van der Waals surface area contributed by atoms with Gasteiger partial charge in [-0.2, -0.15) is 14.6 Å². The Morgan fingerprint density at radius 1 is 1.14 bits per heavy atom. The summed E-state index contributed by atoms with van der Waals surface area (Å²) in [6.07, 6.45) is 6.58. The van der Waals surface area contributed by atoms with Crippen molar-refractivity contribution in [3.8, 4) is 11.4 Å². The maximum atomic E-state index is 14.2. The molecule has 43 heavy (non-hydrogen) atoms. The number of hydrogen-bond donors (Lipinski definition) is 4. The molecule has 2 atom stereocenters. The van der Waals surface area contributed by atoms with Gasteiger partial charge in [0.15, 0.2) is 17.2 Å². The van der Waals surface area contributed by atoms with E-state index in [1.165, 1.54) is 46.5 Å². The maximum Gasteiger partial charge on any atom is 0.319 e. The van der Waals surface area contributed by atoms with Crippen molar-refractivity contribution in [2.75, 3.05) is 38.5 Å². The van der Waals surface area contributed by atoms with Gasteiger partial charge in [0.05, 0.1) is 18.0 Å². The lowest BCUT2D eigenvalue weighted by Gasteiger charge is -2.34. The zero-order valence-corrected chi connectivity index (χ0v) is 24.0. The van der Waals surface area contributed by atoms with E-state index in [4.69, 9.17) is 4.98 Å². The Kier molecular flexibility index (Phi) is 6.70. The third kappa shape index (κ3) is 5.14. The van der Waals surface area contributed by atoms with Crippen LogP contribution >= 0.6 is 0 Å². The SMILES string of the molecule is CN1CCN(C(=O)N[C@@](C)(O)c2cnn3c(N[C@@H]4CCc5[nH]c6ccccc6c5C4)nc(-c4cncc(F)c4)nc23)CC1. The van der Waals surface area contributed by atoms with Crippen molar-refractivity contribution in [2.45, 2.75) is 38.0 Å². The van der Waals surface area contributed by atoms with Crippen LogP contribution in [0.3, 0.4) is 0 Å². The normalized spacial score (nSPS) is 18.9. The van der Waals surface area contributed by atoms with E-state index in [1.54, 1.807) is 4.90 Å². The first-order valence-electron chi connectivity index (χ1n) is 14.5. The van der Waals surface area contributed by atoms with Crippen LogP contribution < -0.4 is 10.6 Å². The fraction of sp³-hybridized carbons (Fsp3) is 0.367. The number of anilines is 1. The number of para-hydroxylation sites is 1. The molecule has 2 amide bonds. The van der Waals surface area contributed by atoms with Crippen LogP contribution in [0.15, 0.2) is 48.9 Å². The molecule has 4 aromatic heterocycles. The second-order valence-corrected chi connectivity index (χ2v) is 11.6. The number of piperazine rings is 1. The summed E-state index contributed by atoms with van der Waals surface area (Å²) >= 11 is 0. The molecule has 222 valence electrons. The van der Waals surface area contributed by atoms with Gasteiger partial charge in [0, 0.05) is 60.6 Å². The molecular formula is C30H33FN10O2. The lowest BCUT2D eigenvalue weighted by atomic mass is 9.91. The molecule has 4 N–H and O–H groups in total. The van der Waals surface area contributed by atoms with Gasteiger partial charge in [-0.05, 0) is 50.9 Å². The van der Waals surface area contributed by atoms with Crippen molar-refractivity contribution >= 4 is 28.5 Å². The first-order valence-corrected chi connectivity index (χ1v) is 14.5. The van der Waals surface area contributed by atoms with Crippen molar-refractivity contribution < 1.29 is 14.3 Å². The van der Waals surface area contributed by atoms with Crippen LogP contribution in [-0.2, 0) is 18.6 Å². The van der Waals surface area contributed by atoms with E-state index in [-0.39, 0.29) is 29.1 Å². The number of hydrogen-bond acceptors (Lipinski definition) is 8. The number of halogens is 1. The number of aromatic amines is 1. The molecule has 1 fully saturated rings. The van der Waals surface area contributed by atoms with Gasteiger partial charge in [0.2, 0.25) is 5.95 Å². The van der Waals surface area contributed by atoms with Gasteiger partial charge in [-0.1, -0.05) is 18.2 Å². The van der Waals surface area contributed by atoms with Crippen LogP contribution in [0.25, 0.3) is 27.9 Å². The van der Waals surface area contributed by atoms with Crippen LogP contribution in [0.4, 0.5) is 15.1 Å². The van der Waals surface area contributed by atoms with Crippen molar-refractivity contribution in [3.05, 3.63) is 71.6 Å². The minimum Gasteiger partial charge on any atom is -0.367 e. The van der Waals surface area contributed by atoms with E-state index in [1.807, 2.05) is 19.2 Å². The summed E-state index contributed by atoms with van der Waals surface area (Å²) in [5.41, 5.74) is 2.78. The number of carbonyl (C=O) groups excluding carboxylic acids is 1. The summed E-state index contributed by atoms with van der Waals surface area (Å²) in [4.78, 5) is 33.8. The molecule has 0 spiro atoms. The molecule has 1 aliphatic carbocycles. The van der Waals surface area contributed by atoms with Crippen molar-refractivity contribution in [1.82, 2.24) is 44.7 Å². The Morgan fingerprint density at radius 2 is 1.95 bits per heavy atom. The summed E-state index contributed by atoms with van der Waals surface area (Å²) in [6, 6.07) is 9.25. The van der Waals surface area contributed by atoms with Crippen LogP contribution in [0, 0.1) is 5.82 Å². The summed E-state index contributed by atoms with van der Waals surface area (Å²) in [6.45, 7) is 4.11. The number of aromatic nitrogens is 6. The molecule has 7 rings (SSSR count). The van der Waals surface area contributed by atoms with Gasteiger partial charge in [0.1, 0.15) is 5.82 Å². The molecule has 5 heterocycles. The highest BCUT2D eigenvalue weighted by atomic mass is 19.1. The molecule has 0 unspecified atom stereocenters. The minimum atomic E-state index is -1.80. The van der Waals surface area contributed by atoms with E-state index in [9.17, 15) is 14.3 Å². The third-order valence-electron chi connectivity index (χ3n) is 8.42. The number of pyridine rings is 1. The Balaban J connectivity index is 1.24. The lowest BCUT2D eigenvalue weighted by Crippen LogP contribution is -2.55. The Bertz CT molecular complexity index is 1820. The molecular weight excluding hydrogens is 551 g/mol. The fourth-order valence-electron chi connectivity index (χ4n) is 6.02. The van der Waals surface area contributed by atoms with Gasteiger partial charge >= 0.3 is 6.03 Å². The molecule has 1 aromatic carbocycles. The predicted octanol–water partition coefficient (Wildman–Crippen LogP) is 2.90. The Morgan fingerprint density at radius 3 is 2.77 bits per heavy atom. The number of fused-ring (bicyclic) bond motifs is 4.